The number of aromatic nitrogens is 1. The first-order valence-corrected chi connectivity index (χ1v) is 16.0. The molecule has 0 spiro atoms. The number of carbonyl (C=O) groups is 1. The van der Waals surface area contributed by atoms with Crippen LogP contribution in [0.25, 0.3) is 0 Å². The number of ether oxygens (including phenoxy) is 2. The van der Waals surface area contributed by atoms with Gasteiger partial charge in [0.2, 0.25) is 15.9 Å². The van der Waals surface area contributed by atoms with Crippen LogP contribution in [0.3, 0.4) is 0 Å². The van der Waals surface area contributed by atoms with E-state index in [1.54, 1.807) is 30.5 Å². The van der Waals surface area contributed by atoms with Gasteiger partial charge in [0, 0.05) is 21.7 Å². The van der Waals surface area contributed by atoms with E-state index in [9.17, 15) is 18.0 Å². The minimum atomic E-state index is -3.83. The van der Waals surface area contributed by atoms with Crippen LogP contribution in [0.5, 0.6) is 11.5 Å². The molecule has 2 heterocycles. The quantitative estimate of drug-likeness (QED) is 0.429. The zero-order valence-electron chi connectivity index (χ0n) is 21.5. The van der Waals surface area contributed by atoms with Gasteiger partial charge in [-0.25, -0.2) is 13.6 Å². The molecular weight excluding hydrogens is 559 g/mol. The first kappa shape index (κ1) is 26.4. The number of methoxy groups -OCH3 is 2. The molecule has 9 nitrogen and oxygen atoms in total. The molecule has 12 heteroatoms. The fourth-order valence-corrected chi connectivity index (χ4v) is 10.2. The van der Waals surface area contributed by atoms with Crippen LogP contribution >= 0.6 is 23.1 Å². The lowest BCUT2D eigenvalue weighted by Crippen LogP contribution is -2.34. The van der Waals surface area contributed by atoms with E-state index in [1.165, 1.54) is 54.9 Å². The number of nitrogens with one attached hydrogen (secondary N) is 1. The summed E-state index contributed by atoms with van der Waals surface area (Å²) in [6, 6.07) is 11.6. The number of fused-ring (bicyclic) bond motifs is 6. The van der Waals surface area contributed by atoms with Crippen molar-refractivity contribution >= 4 is 44.7 Å². The molecule has 2 fully saturated rings. The lowest BCUT2D eigenvalue weighted by Gasteiger charge is -2.40. The number of rotatable bonds is 7. The second kappa shape index (κ2) is 9.99. The molecule has 1 aliphatic heterocycles. The molecule has 206 valence electrons. The van der Waals surface area contributed by atoms with E-state index in [0.717, 1.165) is 15.5 Å². The van der Waals surface area contributed by atoms with Crippen LogP contribution < -0.4 is 24.8 Å². The normalized spacial score (nSPS) is 25.2. The lowest BCUT2D eigenvalue weighted by molar-refractivity contribution is -0.116. The molecule has 0 radical (unpaired) electrons. The number of anilines is 1. The maximum absolute atomic E-state index is 13.3. The van der Waals surface area contributed by atoms with Crippen molar-refractivity contribution in [1.29, 1.82) is 0 Å². The molecule has 1 amide bonds. The summed E-state index contributed by atoms with van der Waals surface area (Å²) in [6.07, 6.45) is 3.63. The highest BCUT2D eigenvalue weighted by Gasteiger charge is 2.55. The van der Waals surface area contributed by atoms with E-state index in [4.69, 9.17) is 14.6 Å². The Morgan fingerprint density at radius 2 is 1.79 bits per heavy atom. The minimum Gasteiger partial charge on any atom is -0.493 e. The summed E-state index contributed by atoms with van der Waals surface area (Å²) in [6.45, 7) is -0.126. The van der Waals surface area contributed by atoms with Gasteiger partial charge < -0.3 is 14.8 Å². The number of hydrogen-bond acceptors (Lipinski definition) is 8. The van der Waals surface area contributed by atoms with E-state index in [2.05, 4.69) is 11.4 Å². The number of primary sulfonamides is 1. The highest BCUT2D eigenvalue weighted by atomic mass is 32.2. The number of amides is 1. The largest absolute Gasteiger partial charge is 0.493 e. The van der Waals surface area contributed by atoms with Gasteiger partial charge in [0.05, 0.1) is 24.1 Å². The Balaban J connectivity index is 1.33. The minimum absolute atomic E-state index is 0.0401. The lowest BCUT2D eigenvalue weighted by atomic mass is 9.75. The van der Waals surface area contributed by atoms with E-state index >= 15 is 0 Å². The van der Waals surface area contributed by atoms with Gasteiger partial charge in [-0.2, -0.15) is 0 Å². The summed E-state index contributed by atoms with van der Waals surface area (Å²) in [5, 5.41) is 9.19. The Hall–Kier alpha value is -2.80. The van der Waals surface area contributed by atoms with Gasteiger partial charge in [-0.1, -0.05) is 17.4 Å². The van der Waals surface area contributed by atoms with Gasteiger partial charge >= 0.3 is 4.87 Å². The van der Waals surface area contributed by atoms with Crippen LogP contribution in [0.1, 0.15) is 35.6 Å². The molecular formula is C27H29N3O6S3. The molecule has 0 saturated heterocycles. The van der Waals surface area contributed by atoms with Crippen molar-refractivity contribution in [2.45, 2.75) is 46.9 Å². The number of nitrogens with zero attached hydrogens (tertiary/aromatic N) is 1. The maximum atomic E-state index is 13.3. The third-order valence-electron chi connectivity index (χ3n) is 8.23. The third kappa shape index (κ3) is 4.66. The summed E-state index contributed by atoms with van der Waals surface area (Å²) < 4.78 is 35.7. The number of nitrogens with two attached hydrogens (primary N) is 1. The molecule has 2 bridgehead atoms. The van der Waals surface area contributed by atoms with Crippen molar-refractivity contribution in [2.75, 3.05) is 19.5 Å². The second-order valence-corrected chi connectivity index (χ2v) is 14.0. The molecule has 39 heavy (non-hydrogen) atoms. The Bertz CT molecular complexity index is 1600. The summed E-state index contributed by atoms with van der Waals surface area (Å²) in [5.41, 5.74) is 1.53. The van der Waals surface area contributed by atoms with Crippen molar-refractivity contribution in [3.8, 4) is 11.5 Å². The molecule has 3 aliphatic rings. The SMILES string of the molecule is COc1ccc([C@@H]2c3sc(=O)n(CC(=O)Nc4ccc(S(N)(=O)=O)cc4)c3SC3C4CCC(C4)C32)cc1OC. The average Bonchev–Trinajstić information content (AvgIpc) is 3.61. The summed E-state index contributed by atoms with van der Waals surface area (Å²) in [5.74, 6) is 2.67. The van der Waals surface area contributed by atoms with Crippen molar-refractivity contribution in [3.05, 3.63) is 62.6 Å². The molecule has 5 atom stereocenters. The topological polar surface area (TPSA) is 130 Å². The second-order valence-electron chi connectivity index (χ2n) is 10.3. The van der Waals surface area contributed by atoms with Crippen LogP contribution in [0, 0.1) is 17.8 Å². The molecule has 2 aliphatic carbocycles. The summed E-state index contributed by atoms with van der Waals surface area (Å²) >= 11 is 2.99. The third-order valence-corrected chi connectivity index (χ3v) is 12.0. The van der Waals surface area contributed by atoms with Gasteiger partial charge in [0.1, 0.15) is 6.54 Å². The van der Waals surface area contributed by atoms with Gasteiger partial charge in [-0.05, 0) is 79.0 Å². The fourth-order valence-electron chi connectivity index (χ4n) is 6.58. The van der Waals surface area contributed by atoms with Crippen LogP contribution in [-0.4, -0.2) is 38.4 Å². The monoisotopic (exact) mass is 587 g/mol. The van der Waals surface area contributed by atoms with Crippen LogP contribution in [-0.2, 0) is 21.4 Å². The molecule has 6 rings (SSSR count). The Labute approximate surface area is 234 Å². The van der Waals surface area contributed by atoms with Gasteiger partial charge in [0.25, 0.3) is 0 Å². The molecule has 2 saturated carbocycles. The smallest absolute Gasteiger partial charge is 0.308 e. The molecule has 3 N–H and O–H groups in total. The molecule has 4 unspecified atom stereocenters. The van der Waals surface area contributed by atoms with Crippen molar-refractivity contribution < 1.29 is 22.7 Å². The van der Waals surface area contributed by atoms with E-state index in [1.807, 2.05) is 12.1 Å². The zero-order chi connectivity index (χ0) is 27.5. The molecule has 1 aromatic heterocycles. The number of sulfonamides is 1. The van der Waals surface area contributed by atoms with Crippen molar-refractivity contribution in [1.82, 2.24) is 4.57 Å². The Morgan fingerprint density at radius 1 is 1.08 bits per heavy atom. The predicted octanol–water partition coefficient (Wildman–Crippen LogP) is 3.87. The number of thioether (sulfide) groups is 1. The van der Waals surface area contributed by atoms with Crippen LogP contribution in [0.2, 0.25) is 0 Å². The van der Waals surface area contributed by atoms with Crippen LogP contribution in [0.4, 0.5) is 5.69 Å². The fraction of sp³-hybridized carbons (Fsp3) is 0.407. The van der Waals surface area contributed by atoms with Gasteiger partial charge in [-0.15, -0.1) is 11.8 Å². The average molecular weight is 588 g/mol. The number of benzene rings is 2. The number of carbonyl (C=O) groups excluding carboxylic acids is 1. The summed E-state index contributed by atoms with van der Waals surface area (Å²) in [7, 11) is -0.587. The van der Waals surface area contributed by atoms with Crippen molar-refractivity contribution in [2.24, 2.45) is 22.9 Å². The Kier molecular flexibility index (Phi) is 6.77. The number of hydrogen-bond donors (Lipinski definition) is 2. The van der Waals surface area contributed by atoms with E-state index < -0.39 is 10.0 Å². The highest BCUT2D eigenvalue weighted by molar-refractivity contribution is 8.00. The number of thiazole rings is 1. The van der Waals surface area contributed by atoms with Gasteiger partial charge in [-0.3, -0.25) is 14.2 Å². The highest BCUT2D eigenvalue weighted by Crippen LogP contribution is 2.64. The zero-order valence-corrected chi connectivity index (χ0v) is 23.9. The van der Waals surface area contributed by atoms with E-state index in [-0.39, 0.29) is 28.1 Å². The molecule has 3 aromatic rings. The standard InChI is InChI=1S/C27H29N3O6S3/c1-35-19-10-5-15(12-20(19)36-2)23-22-14-3-4-16(11-14)24(22)37-26-25(23)38-27(32)30(26)13-21(31)29-17-6-8-18(9-7-17)39(28,33)34/h5-10,12,14,16,22-24H,3-4,11,13H2,1-2H3,(H,29,31)(H2,28,33,34)/t14?,16?,22?,23-,24?/m0/s1. The first-order chi connectivity index (χ1) is 18.7. The van der Waals surface area contributed by atoms with Gasteiger partial charge in [0.15, 0.2) is 11.5 Å². The predicted molar refractivity (Wildman–Crippen MR) is 150 cm³/mol. The maximum Gasteiger partial charge on any atom is 0.308 e. The molecule has 2 aromatic carbocycles. The first-order valence-electron chi connectivity index (χ1n) is 12.7. The van der Waals surface area contributed by atoms with E-state index in [0.29, 0.717) is 40.2 Å². The Morgan fingerprint density at radius 3 is 2.49 bits per heavy atom. The van der Waals surface area contributed by atoms with Crippen LogP contribution in [0.15, 0.2) is 57.2 Å². The van der Waals surface area contributed by atoms with Crippen molar-refractivity contribution in [3.63, 3.8) is 0 Å². The summed E-state index contributed by atoms with van der Waals surface area (Å²) in [4.78, 5) is 27.1.